The monoisotopic (exact) mass is 512 g/mol. The number of carbonyl (C=O) groups is 1. The number of benzene rings is 3. The third-order valence-electron chi connectivity index (χ3n) is 6.03. The molecule has 0 spiro atoms. The number of hydrogen-bond donors (Lipinski definition) is 1. The Hall–Kier alpha value is -2.87. The van der Waals surface area contributed by atoms with Crippen molar-refractivity contribution in [3.8, 4) is 11.5 Å². The number of nitrogens with one attached hydrogen (secondary N) is 1. The predicted molar refractivity (Wildman–Crippen MR) is 139 cm³/mol. The molecule has 0 saturated carbocycles. The van der Waals surface area contributed by atoms with Crippen molar-refractivity contribution in [3.63, 3.8) is 0 Å². The van der Waals surface area contributed by atoms with Gasteiger partial charge in [-0.3, -0.25) is 4.79 Å². The van der Waals surface area contributed by atoms with E-state index in [9.17, 15) is 13.2 Å². The highest BCUT2D eigenvalue weighted by Crippen LogP contribution is 2.33. The molecule has 184 valence electrons. The number of anilines is 1. The number of ether oxygens (including phenoxy) is 1. The number of carbonyl (C=O) groups excluding carboxylic acids is 1. The molecule has 3 aromatic carbocycles. The molecule has 8 heteroatoms. The van der Waals surface area contributed by atoms with Crippen LogP contribution in [0.4, 0.5) is 5.69 Å². The highest BCUT2D eigenvalue weighted by molar-refractivity contribution is 7.89. The van der Waals surface area contributed by atoms with E-state index in [0.717, 1.165) is 5.56 Å². The molecule has 3 aromatic rings. The van der Waals surface area contributed by atoms with Gasteiger partial charge in [-0.2, -0.15) is 0 Å². The molecule has 0 aliphatic carbocycles. The summed E-state index contributed by atoms with van der Waals surface area (Å²) in [7, 11) is -3.44. The van der Waals surface area contributed by atoms with Gasteiger partial charge >= 0.3 is 0 Å². The Labute approximate surface area is 211 Å². The van der Waals surface area contributed by atoms with E-state index in [1.807, 2.05) is 60.7 Å². The van der Waals surface area contributed by atoms with Crippen molar-refractivity contribution in [2.45, 2.75) is 25.7 Å². The fourth-order valence-electron chi connectivity index (χ4n) is 4.18. The molecule has 4 rings (SSSR count). The van der Waals surface area contributed by atoms with Crippen LogP contribution in [-0.2, 0) is 21.2 Å². The van der Waals surface area contributed by atoms with Gasteiger partial charge in [-0.05, 0) is 61.6 Å². The predicted octanol–water partition coefficient (Wildman–Crippen LogP) is 5.75. The Morgan fingerprint density at radius 2 is 1.74 bits per heavy atom. The minimum atomic E-state index is -3.44. The number of sulfonamides is 1. The van der Waals surface area contributed by atoms with Crippen molar-refractivity contribution >= 4 is 33.2 Å². The van der Waals surface area contributed by atoms with Crippen LogP contribution in [0.1, 0.15) is 24.8 Å². The second-order valence-electron chi connectivity index (χ2n) is 8.65. The molecule has 1 heterocycles. The fourth-order valence-corrected chi connectivity index (χ4v) is 5.93. The van der Waals surface area contributed by atoms with E-state index in [-0.39, 0.29) is 18.2 Å². The maximum absolute atomic E-state index is 13.1. The number of para-hydroxylation sites is 1. The van der Waals surface area contributed by atoms with Crippen LogP contribution >= 0.6 is 11.6 Å². The molecule has 1 N–H and O–H groups in total. The van der Waals surface area contributed by atoms with Crippen LogP contribution in [0.3, 0.4) is 0 Å². The Kier molecular flexibility index (Phi) is 8.44. The van der Waals surface area contributed by atoms with E-state index in [2.05, 4.69) is 5.32 Å². The summed E-state index contributed by atoms with van der Waals surface area (Å²) >= 11 is 6.17. The number of halogens is 1. The lowest BCUT2D eigenvalue weighted by Gasteiger charge is -2.31. The first-order chi connectivity index (χ1) is 16.9. The van der Waals surface area contributed by atoms with Gasteiger partial charge in [0.05, 0.1) is 17.4 Å². The molecule has 0 bridgehead atoms. The molecule has 0 unspecified atom stereocenters. The van der Waals surface area contributed by atoms with Crippen molar-refractivity contribution in [1.82, 2.24) is 4.31 Å². The largest absolute Gasteiger partial charge is 0.455 e. The number of amides is 1. The highest BCUT2D eigenvalue weighted by Gasteiger charge is 2.32. The van der Waals surface area contributed by atoms with Gasteiger partial charge in [-0.1, -0.05) is 60.1 Å². The number of piperidine rings is 1. The summed E-state index contributed by atoms with van der Waals surface area (Å²) in [5.74, 6) is 0.482. The van der Waals surface area contributed by atoms with Crippen molar-refractivity contribution in [3.05, 3.63) is 89.4 Å². The Morgan fingerprint density at radius 3 is 2.49 bits per heavy atom. The summed E-state index contributed by atoms with van der Waals surface area (Å²) in [5, 5.41) is 3.37. The van der Waals surface area contributed by atoms with Crippen molar-refractivity contribution in [1.29, 1.82) is 0 Å². The van der Waals surface area contributed by atoms with E-state index in [4.69, 9.17) is 16.3 Å². The van der Waals surface area contributed by atoms with Crippen LogP contribution in [-0.4, -0.2) is 37.5 Å². The van der Waals surface area contributed by atoms with Crippen molar-refractivity contribution < 1.29 is 17.9 Å². The van der Waals surface area contributed by atoms with E-state index < -0.39 is 15.9 Å². The van der Waals surface area contributed by atoms with Crippen LogP contribution in [0.25, 0.3) is 0 Å². The fraction of sp³-hybridized carbons (Fsp3) is 0.296. The minimum Gasteiger partial charge on any atom is -0.455 e. The summed E-state index contributed by atoms with van der Waals surface area (Å²) < 4.78 is 33.3. The van der Waals surface area contributed by atoms with Gasteiger partial charge in [0.25, 0.3) is 0 Å². The lowest BCUT2D eigenvalue weighted by Crippen LogP contribution is -2.44. The van der Waals surface area contributed by atoms with Crippen molar-refractivity contribution in [2.24, 2.45) is 5.92 Å². The van der Waals surface area contributed by atoms with Gasteiger partial charge < -0.3 is 10.1 Å². The minimum absolute atomic E-state index is 0.0690. The number of aryl methyl sites for hydroxylation is 1. The number of hydrogen-bond acceptors (Lipinski definition) is 4. The number of nitrogens with zero attached hydrogens (tertiary/aromatic N) is 1. The summed E-state index contributed by atoms with van der Waals surface area (Å²) in [4.78, 5) is 13.1. The van der Waals surface area contributed by atoms with E-state index in [0.29, 0.717) is 54.4 Å². The van der Waals surface area contributed by atoms with Crippen LogP contribution < -0.4 is 10.1 Å². The summed E-state index contributed by atoms with van der Waals surface area (Å²) in [6.07, 6.45) is 2.51. The Bertz CT molecular complexity index is 1240. The summed E-state index contributed by atoms with van der Waals surface area (Å²) in [5.41, 5.74) is 1.57. The molecule has 0 radical (unpaired) electrons. The molecule has 1 fully saturated rings. The highest BCUT2D eigenvalue weighted by atomic mass is 35.5. The van der Waals surface area contributed by atoms with Crippen LogP contribution in [0.5, 0.6) is 11.5 Å². The number of rotatable bonds is 9. The van der Waals surface area contributed by atoms with Gasteiger partial charge in [-0.15, -0.1) is 0 Å². The average molecular weight is 513 g/mol. The zero-order chi connectivity index (χ0) is 24.7. The molecule has 1 aliphatic rings. The topological polar surface area (TPSA) is 75.7 Å². The normalized spacial score (nSPS) is 16.5. The van der Waals surface area contributed by atoms with Gasteiger partial charge in [-0.25, -0.2) is 12.7 Å². The second kappa shape index (κ2) is 11.7. The zero-order valence-corrected chi connectivity index (χ0v) is 21.0. The van der Waals surface area contributed by atoms with Gasteiger partial charge in [0.2, 0.25) is 15.9 Å². The third-order valence-corrected chi connectivity index (χ3v) is 8.19. The molecule has 1 atom stereocenters. The van der Waals surface area contributed by atoms with Gasteiger partial charge in [0.15, 0.2) is 5.75 Å². The molecule has 35 heavy (non-hydrogen) atoms. The molecule has 6 nitrogen and oxygen atoms in total. The standard InChI is InChI=1S/C27H29ClN2O4S/c28-23-15-16-26(34-24-13-5-2-6-14-24)25(19-23)29-27(31)22-12-7-17-30(20-22)35(32,33)18-8-11-21-9-3-1-4-10-21/h1-6,9-10,13-16,19,22H,7-8,11-12,17-18,20H2,(H,29,31)/t22-/m0/s1. The van der Waals surface area contributed by atoms with E-state index >= 15 is 0 Å². The SMILES string of the molecule is O=C(Nc1cc(Cl)ccc1Oc1ccccc1)[C@H]1CCCN(S(=O)(=O)CCCc2ccccc2)C1. The first-order valence-corrected chi connectivity index (χ1v) is 13.7. The van der Waals surface area contributed by atoms with Crippen LogP contribution in [0, 0.1) is 5.92 Å². The molecule has 1 saturated heterocycles. The van der Waals surface area contributed by atoms with Crippen LogP contribution in [0.2, 0.25) is 5.02 Å². The first kappa shape index (κ1) is 25.2. The first-order valence-electron chi connectivity index (χ1n) is 11.8. The second-order valence-corrected chi connectivity index (χ2v) is 11.2. The third kappa shape index (κ3) is 7.07. The quantitative estimate of drug-likeness (QED) is 0.396. The molecule has 1 amide bonds. The molecular weight excluding hydrogens is 484 g/mol. The van der Waals surface area contributed by atoms with Gasteiger partial charge in [0.1, 0.15) is 5.75 Å². The van der Waals surface area contributed by atoms with Gasteiger partial charge in [0, 0.05) is 18.1 Å². The van der Waals surface area contributed by atoms with E-state index in [1.54, 1.807) is 18.2 Å². The Balaban J connectivity index is 1.38. The smallest absolute Gasteiger partial charge is 0.228 e. The lowest BCUT2D eigenvalue weighted by atomic mass is 9.98. The van der Waals surface area contributed by atoms with Crippen molar-refractivity contribution in [2.75, 3.05) is 24.2 Å². The molecule has 0 aromatic heterocycles. The lowest BCUT2D eigenvalue weighted by molar-refractivity contribution is -0.120. The maximum Gasteiger partial charge on any atom is 0.228 e. The molecular formula is C27H29ClN2O4S. The van der Waals surface area contributed by atoms with Crippen LogP contribution in [0.15, 0.2) is 78.9 Å². The average Bonchev–Trinajstić information content (AvgIpc) is 2.87. The summed E-state index contributed by atoms with van der Waals surface area (Å²) in [6, 6.07) is 24.1. The Morgan fingerprint density at radius 1 is 1.03 bits per heavy atom. The van der Waals surface area contributed by atoms with E-state index in [1.165, 1.54) is 4.31 Å². The summed E-state index contributed by atoms with van der Waals surface area (Å²) in [6.45, 7) is 0.617. The maximum atomic E-state index is 13.1. The zero-order valence-electron chi connectivity index (χ0n) is 19.4. The molecule has 1 aliphatic heterocycles.